The molecule has 1 spiro atoms. The summed E-state index contributed by atoms with van der Waals surface area (Å²) in [6.07, 6.45) is 1.15. The Kier molecular flexibility index (Phi) is 4.85. The fourth-order valence-corrected chi connectivity index (χ4v) is 2.97. The smallest absolute Gasteiger partial charge is 0.183 e. The molecule has 1 aromatic rings. The molecule has 1 atom stereocenters. The number of piperidine rings is 1. The second kappa shape index (κ2) is 6.23. The van der Waals surface area contributed by atoms with Gasteiger partial charge >= 0.3 is 0 Å². The topological polar surface area (TPSA) is 21.7 Å². The summed E-state index contributed by atoms with van der Waals surface area (Å²) < 4.78 is 11.8. The lowest BCUT2D eigenvalue weighted by Crippen LogP contribution is -2.53. The number of rotatable bonds is 2. The molecule has 1 aromatic carbocycles. The highest BCUT2D eigenvalue weighted by atomic mass is 35.5. The van der Waals surface area contributed by atoms with Crippen molar-refractivity contribution in [2.45, 2.75) is 25.7 Å². The highest BCUT2D eigenvalue weighted by Gasteiger charge is 2.45. The van der Waals surface area contributed by atoms with Crippen LogP contribution in [0.4, 0.5) is 0 Å². The van der Waals surface area contributed by atoms with E-state index in [1.54, 1.807) is 0 Å². The van der Waals surface area contributed by atoms with E-state index in [9.17, 15) is 0 Å². The first-order chi connectivity index (χ1) is 8.78. The second-order valence-corrected chi connectivity index (χ2v) is 5.39. The van der Waals surface area contributed by atoms with Crippen LogP contribution in [0.5, 0.6) is 0 Å². The zero-order chi connectivity index (χ0) is 12.4. The summed E-state index contributed by atoms with van der Waals surface area (Å²) in [5, 5.41) is 0. The molecule has 0 saturated carbocycles. The van der Waals surface area contributed by atoms with Gasteiger partial charge in [0.25, 0.3) is 0 Å². The molecule has 0 unspecified atom stereocenters. The van der Waals surface area contributed by atoms with E-state index in [0.29, 0.717) is 5.92 Å². The van der Waals surface area contributed by atoms with Gasteiger partial charge in [-0.05, 0) is 18.5 Å². The third-order valence-electron chi connectivity index (χ3n) is 4.10. The Balaban J connectivity index is 0.00000133. The van der Waals surface area contributed by atoms with E-state index in [4.69, 9.17) is 9.47 Å². The van der Waals surface area contributed by atoms with Crippen LogP contribution in [0.1, 0.15) is 18.9 Å². The third-order valence-corrected chi connectivity index (χ3v) is 4.10. The predicted molar refractivity (Wildman–Crippen MR) is 77.4 cm³/mol. The van der Waals surface area contributed by atoms with E-state index in [1.165, 1.54) is 5.56 Å². The molecule has 4 heteroatoms. The van der Waals surface area contributed by atoms with Gasteiger partial charge in [0.2, 0.25) is 0 Å². The second-order valence-electron chi connectivity index (χ2n) is 5.39. The number of likely N-dealkylation sites (tertiary alicyclic amines) is 1. The molecule has 2 aliphatic rings. The van der Waals surface area contributed by atoms with Crippen molar-refractivity contribution in [2.24, 2.45) is 5.92 Å². The number of hydrogen-bond acceptors (Lipinski definition) is 3. The van der Waals surface area contributed by atoms with Crippen molar-refractivity contribution in [1.29, 1.82) is 0 Å². The molecule has 2 saturated heterocycles. The number of benzene rings is 1. The van der Waals surface area contributed by atoms with Gasteiger partial charge in [0, 0.05) is 12.5 Å². The zero-order valence-corrected chi connectivity index (χ0v) is 12.2. The van der Waals surface area contributed by atoms with Gasteiger partial charge in [-0.15, -0.1) is 12.4 Å². The molecule has 0 N–H and O–H groups in total. The molecule has 0 radical (unpaired) electrons. The van der Waals surface area contributed by atoms with Gasteiger partial charge < -0.3 is 9.47 Å². The van der Waals surface area contributed by atoms with Crippen LogP contribution < -0.4 is 0 Å². The molecule has 19 heavy (non-hydrogen) atoms. The van der Waals surface area contributed by atoms with E-state index >= 15 is 0 Å². The van der Waals surface area contributed by atoms with Crippen molar-refractivity contribution < 1.29 is 9.47 Å². The van der Waals surface area contributed by atoms with Crippen molar-refractivity contribution in [3.63, 3.8) is 0 Å². The van der Waals surface area contributed by atoms with Crippen LogP contribution >= 0.6 is 12.4 Å². The van der Waals surface area contributed by atoms with Crippen molar-refractivity contribution in [3.05, 3.63) is 35.9 Å². The molecule has 2 heterocycles. The Morgan fingerprint density at radius 2 is 1.89 bits per heavy atom. The minimum atomic E-state index is -0.340. The van der Waals surface area contributed by atoms with Gasteiger partial charge in [-0.1, -0.05) is 37.3 Å². The largest absolute Gasteiger partial charge is 0.346 e. The van der Waals surface area contributed by atoms with Crippen LogP contribution in [-0.4, -0.2) is 37.0 Å². The summed E-state index contributed by atoms with van der Waals surface area (Å²) in [5.74, 6) is 0.152. The maximum atomic E-state index is 5.90. The summed E-state index contributed by atoms with van der Waals surface area (Å²) in [7, 11) is 0. The highest BCUT2D eigenvalue weighted by molar-refractivity contribution is 5.85. The van der Waals surface area contributed by atoms with E-state index < -0.39 is 0 Å². The van der Waals surface area contributed by atoms with E-state index in [1.807, 2.05) is 0 Å². The number of ether oxygens (including phenoxy) is 2. The van der Waals surface area contributed by atoms with Gasteiger partial charge in [0.05, 0.1) is 19.8 Å². The van der Waals surface area contributed by atoms with Crippen LogP contribution in [0.2, 0.25) is 0 Å². The zero-order valence-electron chi connectivity index (χ0n) is 11.4. The van der Waals surface area contributed by atoms with Crippen molar-refractivity contribution in [2.75, 3.05) is 26.3 Å². The Morgan fingerprint density at radius 1 is 1.21 bits per heavy atom. The summed E-state index contributed by atoms with van der Waals surface area (Å²) in [6, 6.07) is 10.6. The SMILES string of the molecule is C[C@H]1CCN(Cc2ccccc2)CC12OCCO2.Cl. The Bertz CT molecular complexity index is 392. The van der Waals surface area contributed by atoms with Crippen LogP contribution in [0.25, 0.3) is 0 Å². The summed E-state index contributed by atoms with van der Waals surface area (Å²) in [5.41, 5.74) is 1.36. The van der Waals surface area contributed by atoms with E-state index in [-0.39, 0.29) is 18.2 Å². The molecule has 3 rings (SSSR count). The molecule has 2 aliphatic heterocycles. The molecule has 3 nitrogen and oxygen atoms in total. The number of halogens is 1. The lowest BCUT2D eigenvalue weighted by Gasteiger charge is -2.43. The quantitative estimate of drug-likeness (QED) is 0.833. The average molecular weight is 284 g/mol. The third kappa shape index (κ3) is 3.11. The first-order valence-electron chi connectivity index (χ1n) is 6.83. The maximum absolute atomic E-state index is 5.90. The van der Waals surface area contributed by atoms with Crippen molar-refractivity contribution >= 4 is 12.4 Å². The number of nitrogens with zero attached hydrogens (tertiary/aromatic N) is 1. The molecular formula is C15H22ClNO2. The summed E-state index contributed by atoms with van der Waals surface area (Å²) in [4.78, 5) is 2.45. The van der Waals surface area contributed by atoms with Crippen LogP contribution in [-0.2, 0) is 16.0 Å². The molecule has 2 fully saturated rings. The standard InChI is InChI=1S/C15H21NO2.ClH/c1-13-7-8-16(11-14-5-3-2-4-6-14)12-15(13)17-9-10-18-15;/h2-6,13H,7-12H2,1H3;1H/t13-;/m0./s1. The normalized spacial score (nSPS) is 26.3. The minimum absolute atomic E-state index is 0. The molecular weight excluding hydrogens is 262 g/mol. The molecule has 0 aromatic heterocycles. The van der Waals surface area contributed by atoms with Gasteiger partial charge in [-0.2, -0.15) is 0 Å². The lowest BCUT2D eigenvalue weighted by atomic mass is 9.92. The predicted octanol–water partition coefficient (Wildman–Crippen LogP) is 2.69. The van der Waals surface area contributed by atoms with Gasteiger partial charge in [0.15, 0.2) is 5.79 Å². The highest BCUT2D eigenvalue weighted by Crippen LogP contribution is 2.35. The minimum Gasteiger partial charge on any atom is -0.346 e. The maximum Gasteiger partial charge on any atom is 0.183 e. The summed E-state index contributed by atoms with van der Waals surface area (Å²) in [6.45, 7) is 6.73. The first-order valence-corrected chi connectivity index (χ1v) is 6.83. The van der Waals surface area contributed by atoms with Gasteiger partial charge in [-0.3, -0.25) is 4.90 Å². The first kappa shape index (κ1) is 14.8. The summed E-state index contributed by atoms with van der Waals surface area (Å²) >= 11 is 0. The fourth-order valence-electron chi connectivity index (χ4n) is 2.97. The number of hydrogen-bond donors (Lipinski definition) is 0. The Hall–Kier alpha value is -0.610. The average Bonchev–Trinajstić information content (AvgIpc) is 2.85. The molecule has 0 amide bonds. The van der Waals surface area contributed by atoms with Crippen molar-refractivity contribution in [1.82, 2.24) is 4.90 Å². The van der Waals surface area contributed by atoms with Crippen LogP contribution in [0, 0.1) is 5.92 Å². The van der Waals surface area contributed by atoms with E-state index in [0.717, 1.165) is 39.3 Å². The fraction of sp³-hybridized carbons (Fsp3) is 0.600. The van der Waals surface area contributed by atoms with Crippen molar-refractivity contribution in [3.8, 4) is 0 Å². The molecule has 0 bridgehead atoms. The lowest BCUT2D eigenvalue weighted by molar-refractivity contribution is -0.220. The van der Waals surface area contributed by atoms with Gasteiger partial charge in [0.1, 0.15) is 0 Å². The van der Waals surface area contributed by atoms with E-state index in [2.05, 4.69) is 42.2 Å². The van der Waals surface area contributed by atoms with Crippen LogP contribution in [0.3, 0.4) is 0 Å². The Morgan fingerprint density at radius 3 is 2.58 bits per heavy atom. The molecule has 106 valence electrons. The Labute approximate surface area is 121 Å². The molecule has 0 aliphatic carbocycles. The monoisotopic (exact) mass is 283 g/mol. The van der Waals surface area contributed by atoms with Crippen LogP contribution in [0.15, 0.2) is 30.3 Å². The van der Waals surface area contributed by atoms with Gasteiger partial charge in [-0.25, -0.2) is 0 Å².